The summed E-state index contributed by atoms with van der Waals surface area (Å²) >= 11 is 0. The van der Waals surface area contributed by atoms with Crippen molar-refractivity contribution in [2.45, 2.75) is 70.0 Å². The lowest BCUT2D eigenvalue weighted by atomic mass is 10.1. The lowest BCUT2D eigenvalue weighted by Gasteiger charge is -2.26. The van der Waals surface area contributed by atoms with E-state index in [0.29, 0.717) is 40.3 Å². The van der Waals surface area contributed by atoms with E-state index in [1.165, 1.54) is 61.0 Å². The van der Waals surface area contributed by atoms with E-state index in [-0.39, 0.29) is 17.3 Å². The van der Waals surface area contributed by atoms with Gasteiger partial charge in [-0.25, -0.2) is 18.0 Å². The largest absolute Gasteiger partial charge is 0.497 e. The molecule has 1 fully saturated rings. The van der Waals surface area contributed by atoms with Gasteiger partial charge in [-0.3, -0.25) is 14.5 Å². The third kappa shape index (κ3) is 16.4. The maximum absolute atomic E-state index is 13.3. The topological polar surface area (TPSA) is 223 Å². The van der Waals surface area contributed by atoms with Crippen molar-refractivity contribution in [2.24, 2.45) is 5.73 Å². The molecule has 60 heavy (non-hydrogen) atoms. The molecule has 0 spiro atoms. The molecule has 22 heteroatoms. The summed E-state index contributed by atoms with van der Waals surface area (Å²) in [6.45, 7) is 7.17. The van der Waals surface area contributed by atoms with Crippen molar-refractivity contribution in [2.75, 3.05) is 27.2 Å². The van der Waals surface area contributed by atoms with Gasteiger partial charge in [0.2, 0.25) is 10.0 Å². The Morgan fingerprint density at radius 3 is 1.80 bits per heavy atom. The molecule has 1 saturated heterocycles. The number of alkyl halides is 6. The van der Waals surface area contributed by atoms with E-state index in [9.17, 15) is 44.3 Å². The molecule has 4 aromatic rings. The first-order valence-corrected chi connectivity index (χ1v) is 19.0. The van der Waals surface area contributed by atoms with Gasteiger partial charge in [0, 0.05) is 20.1 Å². The summed E-state index contributed by atoms with van der Waals surface area (Å²) in [5.74, 6) is -5.26. The molecule has 2 amide bonds. The van der Waals surface area contributed by atoms with E-state index in [0.717, 1.165) is 25.2 Å². The number of halogens is 6. The number of piperidine rings is 1. The third-order valence-corrected chi connectivity index (χ3v) is 10.4. The van der Waals surface area contributed by atoms with Gasteiger partial charge in [-0.2, -0.15) is 30.6 Å². The van der Waals surface area contributed by atoms with Gasteiger partial charge < -0.3 is 34.8 Å². The molecule has 2 aromatic heterocycles. The molecule has 330 valence electrons. The maximum atomic E-state index is 13.3. The van der Waals surface area contributed by atoms with Gasteiger partial charge in [0.15, 0.2) is 0 Å². The lowest BCUT2D eigenvalue weighted by molar-refractivity contribution is -0.193. The van der Waals surface area contributed by atoms with Gasteiger partial charge in [0.1, 0.15) is 24.0 Å². The Morgan fingerprint density at radius 1 is 0.850 bits per heavy atom. The monoisotopic (exact) mass is 878 g/mol. The molecule has 15 nitrogen and oxygen atoms in total. The SMILES string of the molecule is COc1cc(C)c(S(=O)(=O)N(C)Cc2cc(C(=O)NCc3ccc(CN4CCCCC4)cc3)co2)c(C)c1.NC(=O)c1ccoc1.O=C(O)C(F)(F)F.O=C(O)C(F)(F)F. The molecular weight excluding hydrogens is 834 g/mol. The molecule has 2 aromatic carbocycles. The van der Waals surface area contributed by atoms with Gasteiger partial charge in [-0.05, 0) is 86.3 Å². The number of benzene rings is 2. The molecule has 1 aliphatic heterocycles. The summed E-state index contributed by atoms with van der Waals surface area (Å²) < 4.78 is 107. The quantitative estimate of drug-likeness (QED) is 0.122. The van der Waals surface area contributed by atoms with Gasteiger partial charge in [0.25, 0.3) is 11.8 Å². The van der Waals surface area contributed by atoms with Crippen LogP contribution in [0.15, 0.2) is 81.1 Å². The molecule has 3 heterocycles. The smallest absolute Gasteiger partial charge is 0.490 e. The first kappa shape index (κ1) is 50.3. The summed E-state index contributed by atoms with van der Waals surface area (Å²) in [5, 5.41) is 17.2. The molecule has 0 saturated carbocycles. The fourth-order valence-electron chi connectivity index (χ4n) is 5.31. The number of rotatable bonds is 11. The minimum absolute atomic E-state index is 0.000990. The van der Waals surface area contributed by atoms with Gasteiger partial charge in [-0.15, -0.1) is 0 Å². The minimum atomic E-state index is -5.08. The van der Waals surface area contributed by atoms with Crippen molar-refractivity contribution in [3.05, 3.63) is 106 Å². The zero-order chi connectivity index (χ0) is 45.4. The number of hydrogen-bond donors (Lipinski definition) is 4. The number of ether oxygens (including phenoxy) is 1. The minimum Gasteiger partial charge on any atom is -0.497 e. The van der Waals surface area contributed by atoms with E-state index >= 15 is 0 Å². The number of carbonyl (C=O) groups excluding carboxylic acids is 2. The number of likely N-dealkylation sites (tertiary alicyclic amines) is 1. The summed E-state index contributed by atoms with van der Waals surface area (Å²) in [4.78, 5) is 43.4. The average molecular weight is 879 g/mol. The van der Waals surface area contributed by atoms with Crippen LogP contribution in [-0.2, 0) is 39.2 Å². The second-order valence-corrected chi connectivity index (χ2v) is 15.0. The number of aliphatic carboxylic acids is 2. The number of hydrogen-bond acceptors (Lipinski definition) is 10. The number of carbonyl (C=O) groups is 4. The number of furan rings is 2. The molecule has 0 unspecified atom stereocenters. The molecular formula is C38H44F6N4O11S. The van der Waals surface area contributed by atoms with E-state index in [1.54, 1.807) is 39.2 Å². The van der Waals surface area contributed by atoms with Crippen LogP contribution in [0.1, 0.15) is 68.0 Å². The van der Waals surface area contributed by atoms with Crippen LogP contribution in [0.4, 0.5) is 26.3 Å². The van der Waals surface area contributed by atoms with Crippen molar-refractivity contribution in [1.82, 2.24) is 14.5 Å². The van der Waals surface area contributed by atoms with Crippen molar-refractivity contribution in [1.29, 1.82) is 0 Å². The van der Waals surface area contributed by atoms with Crippen LogP contribution < -0.4 is 15.8 Å². The fraction of sp³-hybridized carbons (Fsp3) is 0.368. The molecule has 5 N–H and O–H groups in total. The Kier molecular flexibility index (Phi) is 18.8. The first-order valence-electron chi connectivity index (χ1n) is 17.6. The lowest BCUT2D eigenvalue weighted by Crippen LogP contribution is -2.29. The van der Waals surface area contributed by atoms with Crippen LogP contribution in [0.3, 0.4) is 0 Å². The number of carboxylic acid groups (broad SMARTS) is 2. The molecule has 0 bridgehead atoms. The number of aryl methyl sites for hydroxylation is 2. The number of methoxy groups -OCH3 is 1. The Labute approximate surface area is 340 Å². The second-order valence-electron chi connectivity index (χ2n) is 13.0. The molecule has 0 atom stereocenters. The van der Waals surface area contributed by atoms with Crippen LogP contribution in [0.25, 0.3) is 0 Å². The van der Waals surface area contributed by atoms with Crippen molar-refractivity contribution in [3.63, 3.8) is 0 Å². The van der Waals surface area contributed by atoms with Crippen molar-refractivity contribution in [3.8, 4) is 5.75 Å². The van der Waals surface area contributed by atoms with Gasteiger partial charge in [0.05, 0.1) is 35.9 Å². The Hall–Kier alpha value is -5.87. The maximum Gasteiger partial charge on any atom is 0.490 e. The third-order valence-electron chi connectivity index (χ3n) is 8.25. The van der Waals surface area contributed by atoms with Crippen molar-refractivity contribution < 1.29 is 77.7 Å². The van der Waals surface area contributed by atoms with Gasteiger partial charge >= 0.3 is 24.3 Å². The molecule has 0 aliphatic carbocycles. The van der Waals surface area contributed by atoms with E-state index in [2.05, 4.69) is 26.8 Å². The van der Waals surface area contributed by atoms with Crippen LogP contribution in [0.5, 0.6) is 5.75 Å². The first-order chi connectivity index (χ1) is 27.9. The summed E-state index contributed by atoms with van der Waals surface area (Å²) in [6.07, 6.45) is -2.23. The summed E-state index contributed by atoms with van der Waals surface area (Å²) in [6, 6.07) is 14.8. The zero-order valence-corrected chi connectivity index (χ0v) is 33.5. The Morgan fingerprint density at radius 2 is 1.37 bits per heavy atom. The number of nitrogens with zero attached hydrogens (tertiary/aromatic N) is 2. The standard InChI is InChI=1S/C29H37N3O5S.C5H5NO2.2C2HF3O2/c1-21-14-26(36-4)15-22(2)28(21)38(34,35)31(3)19-27-16-25(20-37-27)29(33)30-17-23-8-10-24(11-9-23)18-32-12-6-5-7-13-32;6-5(7)4-1-2-8-3-4;2*3-2(4,5)1(6)7/h8-11,14-16,20H,5-7,12-13,17-19H2,1-4H3,(H,30,33);1-3H,(H2,6,7);2*(H,6,7). The molecule has 5 rings (SSSR count). The highest BCUT2D eigenvalue weighted by Crippen LogP contribution is 2.29. The number of sulfonamides is 1. The highest BCUT2D eigenvalue weighted by Gasteiger charge is 2.39. The average Bonchev–Trinajstić information content (AvgIpc) is 3.88. The normalized spacial score (nSPS) is 13.1. The highest BCUT2D eigenvalue weighted by atomic mass is 32.2. The predicted octanol–water partition coefficient (Wildman–Crippen LogP) is 6.29. The van der Waals surface area contributed by atoms with Crippen LogP contribution in [0, 0.1) is 13.8 Å². The number of carboxylic acids is 2. The van der Waals surface area contributed by atoms with Crippen LogP contribution >= 0.6 is 0 Å². The zero-order valence-electron chi connectivity index (χ0n) is 32.7. The number of nitrogens with one attached hydrogen (secondary N) is 1. The number of nitrogens with two attached hydrogens (primary N) is 1. The number of amides is 2. The van der Waals surface area contributed by atoms with Crippen LogP contribution in [0.2, 0.25) is 0 Å². The number of primary amides is 1. The van der Waals surface area contributed by atoms with Crippen molar-refractivity contribution >= 4 is 33.8 Å². The highest BCUT2D eigenvalue weighted by molar-refractivity contribution is 7.89. The second kappa shape index (κ2) is 22.5. The summed E-state index contributed by atoms with van der Waals surface area (Å²) in [7, 11) is -0.736. The molecule has 1 aliphatic rings. The Balaban J connectivity index is 0.000000456. The van der Waals surface area contributed by atoms with E-state index in [4.69, 9.17) is 34.7 Å². The van der Waals surface area contributed by atoms with Crippen LogP contribution in [-0.4, -0.2) is 91.2 Å². The van der Waals surface area contributed by atoms with E-state index in [1.807, 2.05) is 12.1 Å². The molecule has 0 radical (unpaired) electrons. The summed E-state index contributed by atoms with van der Waals surface area (Å²) in [5.41, 5.74) is 9.12. The van der Waals surface area contributed by atoms with Gasteiger partial charge in [-0.1, -0.05) is 30.7 Å². The fourth-order valence-corrected chi connectivity index (χ4v) is 6.85. The van der Waals surface area contributed by atoms with E-state index < -0.39 is 40.2 Å². The Bertz CT molecular complexity index is 2090. The predicted molar refractivity (Wildman–Crippen MR) is 201 cm³/mol.